The molecule has 0 fully saturated rings. The summed E-state index contributed by atoms with van der Waals surface area (Å²) >= 11 is 2.08. The Kier molecular flexibility index (Phi) is 3.73. The van der Waals surface area contributed by atoms with E-state index in [1.54, 1.807) is 0 Å². The van der Waals surface area contributed by atoms with E-state index in [1.165, 1.54) is 0 Å². The van der Waals surface area contributed by atoms with E-state index in [0.29, 0.717) is 0 Å². The summed E-state index contributed by atoms with van der Waals surface area (Å²) in [4.78, 5) is 27.4. The molecule has 10 heavy (non-hydrogen) atoms. The van der Waals surface area contributed by atoms with E-state index in [4.69, 9.17) is 20.6 Å². The fraction of sp³-hybridized carbons (Fsp3) is 0.667. The molecule has 0 bridgehead atoms. The van der Waals surface area contributed by atoms with E-state index < -0.39 is 18.0 Å². The Labute approximate surface area is 65.2 Å². The van der Waals surface area contributed by atoms with Crippen LogP contribution in [-0.2, 0) is 4.79 Å². The van der Waals surface area contributed by atoms with Crippen molar-refractivity contribution in [3.8, 4) is 0 Å². The van der Waals surface area contributed by atoms with E-state index in [-0.39, 0.29) is 6.16 Å². The number of aliphatic carboxylic acids is 1. The third-order valence-corrected chi connectivity index (χ3v) is 2.56. The Morgan fingerprint density at radius 3 is 2.20 bits per heavy atom. The average molecular weight is 232 g/mol. The van der Waals surface area contributed by atoms with Gasteiger partial charge >= 0.3 is 64.7 Å². The molecule has 1 atom stereocenters. The van der Waals surface area contributed by atoms with Crippen LogP contribution in [0.2, 0.25) is 0 Å². The zero-order chi connectivity index (χ0) is 8.36. The van der Waals surface area contributed by atoms with Crippen LogP contribution in [0.15, 0.2) is 0 Å². The summed E-state index contributed by atoms with van der Waals surface area (Å²) in [7, 11) is 0. The fourth-order valence-electron chi connectivity index (χ4n) is 0.334. The number of carboxylic acids is 1. The van der Waals surface area contributed by atoms with Gasteiger partial charge in [-0.25, -0.2) is 0 Å². The van der Waals surface area contributed by atoms with Crippen molar-refractivity contribution in [2.75, 3.05) is 6.16 Å². The van der Waals surface area contributed by atoms with Gasteiger partial charge in [-0.3, -0.25) is 0 Å². The summed E-state index contributed by atoms with van der Waals surface area (Å²) < 4.78 is 0. The zero-order valence-corrected chi connectivity index (χ0v) is 7.57. The Bertz CT molecular complexity index is 177. The Morgan fingerprint density at radius 1 is 1.70 bits per heavy atom. The van der Waals surface area contributed by atoms with Crippen LogP contribution >= 0.6 is 5.96 Å². The van der Waals surface area contributed by atoms with Crippen molar-refractivity contribution < 1.29 is 19.7 Å². The quantitative estimate of drug-likeness (QED) is 0.343. The summed E-state index contributed by atoms with van der Waals surface area (Å²) in [6.45, 7) is 0. The molecular formula is C3H8NO4PSe. The van der Waals surface area contributed by atoms with Crippen molar-refractivity contribution in [2.45, 2.75) is 6.04 Å². The predicted molar refractivity (Wildman–Crippen MR) is 37.6 cm³/mol. The minimum absolute atomic E-state index is 0.317. The topological polar surface area (TPSA) is 104 Å². The molecule has 0 radical (unpaired) electrons. The molecule has 0 saturated heterocycles. The number of nitrogens with two attached hydrogens (primary N) is 1. The van der Waals surface area contributed by atoms with Crippen molar-refractivity contribution in [1.82, 2.24) is 0 Å². The van der Waals surface area contributed by atoms with Gasteiger partial charge in [0, 0.05) is 0 Å². The van der Waals surface area contributed by atoms with E-state index >= 15 is 0 Å². The molecule has 0 saturated carbocycles. The molecule has 5 N–H and O–H groups in total. The van der Waals surface area contributed by atoms with Gasteiger partial charge < -0.3 is 0 Å². The maximum atomic E-state index is 10.0. The number of carbonyl (C=O) groups is 1. The first-order chi connectivity index (χ1) is 4.33. The molecule has 0 aromatic heterocycles. The molecule has 0 unspecified atom stereocenters. The monoisotopic (exact) mass is 233 g/mol. The van der Waals surface area contributed by atoms with E-state index in [2.05, 4.69) is 15.1 Å². The molecule has 7 heteroatoms. The number of hydrogen-bond donors (Lipinski definition) is 4. The van der Waals surface area contributed by atoms with Crippen molar-refractivity contribution in [2.24, 2.45) is 5.73 Å². The second-order valence-corrected chi connectivity index (χ2v) is 7.17. The first-order valence-corrected chi connectivity index (χ1v) is 6.45. The van der Waals surface area contributed by atoms with Gasteiger partial charge in [-0.05, 0) is 0 Å². The molecule has 0 rings (SSSR count). The summed E-state index contributed by atoms with van der Waals surface area (Å²) in [5.41, 5.74) is 4.99. The summed E-state index contributed by atoms with van der Waals surface area (Å²) in [6.07, 6.45) is -0.317. The molecule has 0 amide bonds. The first-order valence-electron chi connectivity index (χ1n) is 2.36. The van der Waals surface area contributed by atoms with Crippen molar-refractivity contribution in [3.05, 3.63) is 0 Å². The zero-order valence-electron chi connectivity index (χ0n) is 4.97. The van der Waals surface area contributed by atoms with Gasteiger partial charge in [0.25, 0.3) is 0 Å². The molecule has 60 valence electrons. The maximum absolute atomic E-state index is 10.0. The predicted octanol–water partition coefficient (Wildman–Crippen LogP) is -1.69. The van der Waals surface area contributed by atoms with Gasteiger partial charge in [-0.15, -0.1) is 0 Å². The normalized spacial score (nSPS) is 14.7. The summed E-state index contributed by atoms with van der Waals surface area (Å²) in [6, 6.07) is -1.20. The van der Waals surface area contributed by atoms with Crippen LogP contribution in [0.3, 0.4) is 0 Å². The summed E-state index contributed by atoms with van der Waals surface area (Å²) in [5.74, 6) is -4.39. The van der Waals surface area contributed by atoms with Crippen LogP contribution in [0.5, 0.6) is 0 Å². The third kappa shape index (κ3) is 5.11. The second-order valence-electron chi connectivity index (χ2n) is 1.79. The molecular weight excluding hydrogens is 224 g/mol. The van der Waals surface area contributed by atoms with Gasteiger partial charge in [0.2, 0.25) is 0 Å². The molecule has 0 aromatic rings. The Morgan fingerprint density at radius 2 is 2.10 bits per heavy atom. The molecule has 0 aliphatic carbocycles. The van der Waals surface area contributed by atoms with Crippen molar-refractivity contribution >= 4 is 27.0 Å². The van der Waals surface area contributed by atoms with E-state index in [0.717, 1.165) is 0 Å². The van der Waals surface area contributed by atoms with Gasteiger partial charge in [-0.1, -0.05) is 0 Å². The van der Waals surface area contributed by atoms with Crippen LogP contribution in [0.25, 0.3) is 0 Å². The van der Waals surface area contributed by atoms with Crippen LogP contribution in [0.1, 0.15) is 0 Å². The minimum atomic E-state index is -3.16. The number of rotatable bonds is 3. The van der Waals surface area contributed by atoms with Crippen LogP contribution in [0, 0.1) is 0 Å². The fourth-order valence-corrected chi connectivity index (χ4v) is 2.01. The number of hydrogen-bond acceptors (Lipinski definition) is 4. The van der Waals surface area contributed by atoms with Gasteiger partial charge in [0.05, 0.1) is 0 Å². The van der Waals surface area contributed by atoms with Gasteiger partial charge in [-0.2, -0.15) is 0 Å². The molecule has 0 aliphatic rings. The van der Waals surface area contributed by atoms with Crippen LogP contribution in [0.4, 0.5) is 0 Å². The van der Waals surface area contributed by atoms with Crippen molar-refractivity contribution in [3.63, 3.8) is 0 Å². The average Bonchev–Trinajstić information content (AvgIpc) is 1.60. The first kappa shape index (κ1) is 10.3. The SMILES string of the molecule is N[C@H](CP(O)(O)=[Se])C(=O)O. The third-order valence-electron chi connectivity index (χ3n) is 0.752. The second kappa shape index (κ2) is 3.62. The van der Waals surface area contributed by atoms with Crippen molar-refractivity contribution in [1.29, 1.82) is 0 Å². The standard InChI is InChI=1S/C3H8NO4PSe/c4-2(3(5)6)1-9(7,8)10/h2H,1,4H2,(H,5,6)(H2,7,8,10)/t2-/m1/s1. The molecule has 5 nitrogen and oxygen atoms in total. The Hall–Kier alpha value is 0.299. The molecule has 0 heterocycles. The van der Waals surface area contributed by atoms with E-state index in [9.17, 15) is 4.79 Å². The molecule has 0 spiro atoms. The number of carboxylic acid groups (broad SMARTS) is 1. The molecule has 0 aromatic carbocycles. The van der Waals surface area contributed by atoms with E-state index in [1.807, 2.05) is 0 Å². The molecule has 0 aliphatic heterocycles. The van der Waals surface area contributed by atoms with Gasteiger partial charge in [0.15, 0.2) is 0 Å². The van der Waals surface area contributed by atoms with Gasteiger partial charge in [0.1, 0.15) is 0 Å². The summed E-state index contributed by atoms with van der Waals surface area (Å²) in [5, 5.41) is 8.20. The van der Waals surface area contributed by atoms with Crippen LogP contribution in [-0.4, -0.2) is 48.2 Å². The Balaban J connectivity index is 3.93. The van der Waals surface area contributed by atoms with Crippen LogP contribution < -0.4 is 5.73 Å².